The Balaban J connectivity index is 1.24. The van der Waals surface area contributed by atoms with Crippen LogP contribution in [-0.2, 0) is 14.8 Å². The number of rotatable bonds is 10. The Morgan fingerprint density at radius 3 is 2.24 bits per heavy atom. The lowest BCUT2D eigenvalue weighted by Gasteiger charge is -2.18. The monoisotopic (exact) mass is 536 g/mol. The Labute approximate surface area is 222 Å². The number of aliphatic hydroxyl groups excluding tert-OH is 1. The lowest BCUT2D eigenvalue weighted by atomic mass is 9.98. The summed E-state index contributed by atoms with van der Waals surface area (Å²) in [6.07, 6.45) is 0.254. The third-order valence-electron chi connectivity index (χ3n) is 6.45. The number of ether oxygens (including phenoxy) is 1. The molecule has 3 aromatic carbocycles. The number of nitrogens with zero attached hydrogens (tertiary/aromatic N) is 1. The number of carbonyl (C=O) groups is 1. The van der Waals surface area contributed by atoms with E-state index in [4.69, 9.17) is 10.5 Å². The summed E-state index contributed by atoms with van der Waals surface area (Å²) in [4.78, 5) is 16.6. The van der Waals surface area contributed by atoms with Crippen molar-refractivity contribution in [3.8, 4) is 11.1 Å². The Morgan fingerprint density at radius 2 is 1.63 bits per heavy atom. The summed E-state index contributed by atoms with van der Waals surface area (Å²) in [5.41, 5.74) is 11.2. The molecule has 1 aliphatic rings. The Hall–Kier alpha value is -3.89. The summed E-state index contributed by atoms with van der Waals surface area (Å²) in [6.45, 7) is 1.98. The highest BCUT2D eigenvalue weighted by Crippen LogP contribution is 2.44. The quantitative estimate of drug-likeness (QED) is 0.178. The fourth-order valence-corrected chi connectivity index (χ4v) is 5.45. The van der Waals surface area contributed by atoms with Gasteiger partial charge in [0.2, 0.25) is 5.96 Å². The zero-order valence-electron chi connectivity index (χ0n) is 21.1. The summed E-state index contributed by atoms with van der Waals surface area (Å²) < 4.78 is 32.6. The van der Waals surface area contributed by atoms with Gasteiger partial charge >= 0.3 is 6.09 Å². The lowest BCUT2D eigenvalue weighted by molar-refractivity contribution is 0.131. The molecule has 0 aliphatic heterocycles. The molecule has 1 amide bonds. The van der Waals surface area contributed by atoms with Crippen molar-refractivity contribution in [3.05, 3.63) is 89.5 Å². The zero-order chi connectivity index (χ0) is 27.1. The van der Waals surface area contributed by atoms with Gasteiger partial charge in [-0.15, -0.1) is 0 Å². The first kappa shape index (κ1) is 27.2. The maximum absolute atomic E-state index is 12.5. The number of sulfonamides is 1. The van der Waals surface area contributed by atoms with Crippen molar-refractivity contribution in [1.29, 1.82) is 0 Å². The third kappa shape index (κ3) is 6.51. The summed E-state index contributed by atoms with van der Waals surface area (Å²) in [6, 6.07) is 22.0. The zero-order valence-corrected chi connectivity index (χ0v) is 21.9. The van der Waals surface area contributed by atoms with E-state index in [1.54, 1.807) is 12.1 Å². The van der Waals surface area contributed by atoms with E-state index in [9.17, 15) is 18.3 Å². The highest BCUT2D eigenvalue weighted by molar-refractivity contribution is 7.90. The van der Waals surface area contributed by atoms with Gasteiger partial charge in [0.1, 0.15) is 6.61 Å². The van der Waals surface area contributed by atoms with Crippen molar-refractivity contribution >= 4 is 22.1 Å². The molecule has 3 aromatic rings. The molecule has 9 nitrogen and oxygen atoms in total. The van der Waals surface area contributed by atoms with Crippen LogP contribution in [0.5, 0.6) is 0 Å². The molecule has 0 saturated carbocycles. The predicted molar refractivity (Wildman–Crippen MR) is 146 cm³/mol. The fraction of sp³-hybridized carbons (Fsp3) is 0.286. The molecule has 38 heavy (non-hydrogen) atoms. The van der Waals surface area contributed by atoms with Gasteiger partial charge in [0.05, 0.1) is 17.5 Å². The Bertz CT molecular complexity index is 1360. The fourth-order valence-electron chi connectivity index (χ4n) is 4.50. The molecule has 0 unspecified atom stereocenters. The number of hydrogen-bond acceptors (Lipinski definition) is 6. The number of aryl methyl sites for hydroxylation is 1. The van der Waals surface area contributed by atoms with Gasteiger partial charge in [-0.05, 0) is 54.2 Å². The van der Waals surface area contributed by atoms with E-state index in [0.29, 0.717) is 12.8 Å². The van der Waals surface area contributed by atoms with Gasteiger partial charge in [-0.2, -0.15) is 0 Å². The number of nitrogens with two attached hydrogens (primary N) is 1. The number of carbonyl (C=O) groups excluding carboxylic acids is 1. The van der Waals surface area contributed by atoms with Crippen molar-refractivity contribution in [1.82, 2.24) is 10.0 Å². The second-order valence-electron chi connectivity index (χ2n) is 9.18. The van der Waals surface area contributed by atoms with Crippen molar-refractivity contribution in [2.24, 2.45) is 10.7 Å². The first-order chi connectivity index (χ1) is 18.3. The molecule has 200 valence electrons. The molecule has 1 atom stereocenters. The van der Waals surface area contributed by atoms with Gasteiger partial charge in [-0.1, -0.05) is 66.2 Å². The minimum absolute atomic E-state index is 0.0540. The molecule has 10 heteroatoms. The number of aliphatic hydroxyl groups is 1. The van der Waals surface area contributed by atoms with Crippen LogP contribution in [0, 0.1) is 6.92 Å². The average Bonchev–Trinajstić information content (AvgIpc) is 3.23. The first-order valence-corrected chi connectivity index (χ1v) is 13.9. The molecule has 1 aliphatic carbocycles. The van der Waals surface area contributed by atoms with Crippen LogP contribution in [0.15, 0.2) is 82.7 Å². The van der Waals surface area contributed by atoms with Gasteiger partial charge < -0.3 is 20.9 Å². The third-order valence-corrected chi connectivity index (χ3v) is 7.82. The molecule has 0 heterocycles. The number of guanidine groups is 1. The Morgan fingerprint density at radius 1 is 1.03 bits per heavy atom. The van der Waals surface area contributed by atoms with Gasteiger partial charge in [-0.3, -0.25) is 4.99 Å². The van der Waals surface area contributed by atoms with Crippen LogP contribution >= 0.6 is 0 Å². The summed E-state index contributed by atoms with van der Waals surface area (Å²) >= 11 is 0. The molecule has 5 N–H and O–H groups in total. The van der Waals surface area contributed by atoms with Gasteiger partial charge in [0, 0.05) is 12.5 Å². The molecule has 0 fully saturated rings. The Kier molecular flexibility index (Phi) is 8.65. The maximum atomic E-state index is 12.5. The molecule has 0 aromatic heterocycles. The number of alkyl carbamates (subject to hydrolysis) is 1. The number of benzene rings is 3. The molecule has 0 saturated heterocycles. The lowest BCUT2D eigenvalue weighted by Crippen LogP contribution is -2.38. The number of aliphatic imine (C=N–C) groups is 1. The van der Waals surface area contributed by atoms with Crippen LogP contribution in [0.3, 0.4) is 0 Å². The van der Waals surface area contributed by atoms with Crippen LogP contribution in [0.2, 0.25) is 0 Å². The topological polar surface area (TPSA) is 143 Å². The van der Waals surface area contributed by atoms with Gasteiger partial charge in [-0.25, -0.2) is 17.9 Å². The van der Waals surface area contributed by atoms with Crippen molar-refractivity contribution < 1.29 is 23.1 Å². The van der Waals surface area contributed by atoms with E-state index in [-0.39, 0.29) is 36.5 Å². The summed E-state index contributed by atoms with van der Waals surface area (Å²) in [5, 5.41) is 12.4. The molecule has 0 radical (unpaired) electrons. The number of fused-ring (bicyclic) bond motifs is 3. The number of hydrogen-bond donors (Lipinski definition) is 4. The van der Waals surface area contributed by atoms with Crippen LogP contribution in [0.25, 0.3) is 11.1 Å². The van der Waals surface area contributed by atoms with Gasteiger partial charge in [0.25, 0.3) is 10.0 Å². The minimum Gasteiger partial charge on any atom is -0.449 e. The molecular weight excluding hydrogens is 504 g/mol. The van der Waals surface area contributed by atoms with Crippen LogP contribution < -0.4 is 15.8 Å². The second-order valence-corrected chi connectivity index (χ2v) is 10.9. The second kappa shape index (κ2) is 12.1. The van der Waals surface area contributed by atoms with E-state index in [1.165, 1.54) is 12.1 Å². The average molecular weight is 537 g/mol. The van der Waals surface area contributed by atoms with Crippen LogP contribution in [0.4, 0.5) is 4.79 Å². The maximum Gasteiger partial charge on any atom is 0.407 e. The number of amides is 1. The van der Waals surface area contributed by atoms with E-state index in [2.05, 4.69) is 27.2 Å². The van der Waals surface area contributed by atoms with Crippen molar-refractivity contribution in [2.75, 3.05) is 19.8 Å². The van der Waals surface area contributed by atoms with E-state index >= 15 is 0 Å². The van der Waals surface area contributed by atoms with E-state index in [1.807, 2.05) is 43.3 Å². The molecule has 0 spiro atoms. The predicted octanol–water partition coefficient (Wildman–Crippen LogP) is 3.27. The van der Waals surface area contributed by atoms with Crippen molar-refractivity contribution in [3.63, 3.8) is 0 Å². The standard InChI is InChI=1S/C28H32N4O5S/c1-19-12-14-21(15-13-19)38(35,36)32-27(29)30-16-6-7-20(17-33)31-28(34)37-18-26-24-10-4-2-8-22(24)23-9-3-5-11-25(23)26/h2-5,8-15,20,26,33H,6-7,16-18H2,1H3,(H,31,34)(H3,29,30,32)/t20-/m0/s1. The van der Waals surface area contributed by atoms with E-state index < -0.39 is 22.2 Å². The van der Waals surface area contributed by atoms with Crippen LogP contribution in [-0.4, -0.2) is 51.4 Å². The highest BCUT2D eigenvalue weighted by atomic mass is 32.2. The number of nitrogens with one attached hydrogen (secondary N) is 2. The smallest absolute Gasteiger partial charge is 0.407 e. The molecule has 0 bridgehead atoms. The first-order valence-electron chi connectivity index (χ1n) is 12.4. The van der Waals surface area contributed by atoms with E-state index in [0.717, 1.165) is 27.8 Å². The molecular formula is C28H32N4O5S. The normalized spacial score (nSPS) is 13.9. The minimum atomic E-state index is -3.82. The summed E-state index contributed by atoms with van der Waals surface area (Å²) in [5.74, 6) is -0.280. The van der Waals surface area contributed by atoms with Crippen LogP contribution in [0.1, 0.15) is 35.4 Å². The summed E-state index contributed by atoms with van der Waals surface area (Å²) in [7, 11) is -3.82. The molecule has 4 rings (SSSR count). The van der Waals surface area contributed by atoms with Crippen molar-refractivity contribution in [2.45, 2.75) is 36.6 Å². The highest BCUT2D eigenvalue weighted by Gasteiger charge is 2.29. The SMILES string of the molecule is Cc1ccc(S(=O)(=O)NC(N)=NCCC[C@@H](CO)NC(=O)OCC2c3ccccc3-c3ccccc32)cc1. The largest absolute Gasteiger partial charge is 0.449 e. The van der Waals surface area contributed by atoms with Gasteiger partial charge in [0.15, 0.2) is 0 Å².